The number of carbonyl (C=O) groups is 3. The van der Waals surface area contributed by atoms with E-state index >= 15 is 0 Å². The zero-order valence-electron chi connectivity index (χ0n) is 18.1. The van der Waals surface area contributed by atoms with Crippen LogP contribution in [0.25, 0.3) is 0 Å². The fourth-order valence-electron chi connectivity index (χ4n) is 5.92. The van der Waals surface area contributed by atoms with E-state index in [0.29, 0.717) is 17.1 Å². The molecule has 0 saturated carbocycles. The number of benzene rings is 1. The summed E-state index contributed by atoms with van der Waals surface area (Å²) in [7, 11) is 1.53. The number of aliphatic hydroxyl groups excluding tert-OH is 1. The van der Waals surface area contributed by atoms with Crippen molar-refractivity contribution in [1.82, 2.24) is 10.2 Å². The lowest BCUT2D eigenvalue weighted by Gasteiger charge is -2.36. The molecule has 3 aliphatic rings. The highest BCUT2D eigenvalue weighted by molar-refractivity contribution is 6.34. The first kappa shape index (κ1) is 22.0. The molecule has 0 aliphatic carbocycles. The van der Waals surface area contributed by atoms with E-state index in [9.17, 15) is 19.5 Å². The summed E-state index contributed by atoms with van der Waals surface area (Å²) in [5, 5.41) is 15.5. The molecule has 2 bridgehead atoms. The zero-order chi connectivity index (χ0) is 22.7. The van der Waals surface area contributed by atoms with Gasteiger partial charge in [0.15, 0.2) is 0 Å². The molecule has 31 heavy (non-hydrogen) atoms. The lowest BCUT2D eigenvalue weighted by molar-refractivity contribution is -0.146. The van der Waals surface area contributed by atoms with Gasteiger partial charge in [-0.1, -0.05) is 30.7 Å². The van der Waals surface area contributed by atoms with E-state index in [0.717, 1.165) is 5.56 Å². The maximum Gasteiger partial charge on any atom is 0.250 e. The Morgan fingerprint density at radius 3 is 2.68 bits per heavy atom. The van der Waals surface area contributed by atoms with Gasteiger partial charge in [-0.05, 0) is 37.8 Å². The van der Waals surface area contributed by atoms with E-state index in [1.54, 1.807) is 12.1 Å². The number of ether oxygens (including phenoxy) is 1. The van der Waals surface area contributed by atoms with E-state index in [1.807, 2.05) is 26.8 Å². The number of carbonyl (C=O) groups excluding carboxylic acids is 3. The molecule has 1 aromatic carbocycles. The Labute approximate surface area is 186 Å². The molecule has 3 aliphatic heterocycles. The van der Waals surface area contributed by atoms with Gasteiger partial charge < -0.3 is 25.4 Å². The molecule has 4 rings (SSSR count). The summed E-state index contributed by atoms with van der Waals surface area (Å²) in [4.78, 5) is 41.3. The van der Waals surface area contributed by atoms with Crippen LogP contribution in [0.3, 0.4) is 0 Å². The fourth-order valence-corrected chi connectivity index (χ4v) is 6.19. The Morgan fingerprint density at radius 1 is 1.35 bits per heavy atom. The molecule has 3 fully saturated rings. The predicted molar refractivity (Wildman–Crippen MR) is 114 cm³/mol. The molecule has 0 aromatic heterocycles. The van der Waals surface area contributed by atoms with Gasteiger partial charge in [-0.25, -0.2) is 0 Å². The molecule has 3 amide bonds. The van der Waals surface area contributed by atoms with Gasteiger partial charge >= 0.3 is 0 Å². The summed E-state index contributed by atoms with van der Waals surface area (Å²) in [6.07, 6.45) is 0.467. The van der Waals surface area contributed by atoms with E-state index in [4.69, 9.17) is 16.3 Å². The third-order valence-electron chi connectivity index (χ3n) is 7.40. The number of amides is 3. The highest BCUT2D eigenvalue weighted by Crippen LogP contribution is 2.65. The average Bonchev–Trinajstić information content (AvgIpc) is 3.22. The van der Waals surface area contributed by atoms with E-state index < -0.39 is 35.0 Å². The molecule has 3 N–H and O–H groups in total. The van der Waals surface area contributed by atoms with Gasteiger partial charge in [0.05, 0.1) is 34.8 Å². The van der Waals surface area contributed by atoms with Crippen LogP contribution in [0.5, 0.6) is 0 Å². The maximum atomic E-state index is 13.6. The number of anilines is 1. The fraction of sp³-hybridized carbons (Fsp3) is 0.591. The number of aryl methyl sites for hydroxylation is 1. The molecule has 3 unspecified atom stereocenters. The third kappa shape index (κ3) is 2.92. The van der Waals surface area contributed by atoms with Gasteiger partial charge in [-0.2, -0.15) is 0 Å². The summed E-state index contributed by atoms with van der Waals surface area (Å²) >= 11 is 6.30. The molecule has 168 valence electrons. The molecule has 1 spiro atoms. The topological polar surface area (TPSA) is 108 Å². The number of β-amino-alcohol motifs (C(OH)–C–C–N with tert-alkyl or cyclic N) is 1. The van der Waals surface area contributed by atoms with Crippen molar-refractivity contribution < 1.29 is 24.2 Å². The molecule has 9 heteroatoms. The molecule has 1 aromatic rings. The van der Waals surface area contributed by atoms with Crippen LogP contribution in [0.15, 0.2) is 18.2 Å². The lowest BCUT2D eigenvalue weighted by Crippen LogP contribution is -2.54. The monoisotopic (exact) mass is 449 g/mol. The number of halogens is 1. The average molecular weight is 450 g/mol. The summed E-state index contributed by atoms with van der Waals surface area (Å²) in [5.74, 6) is -2.59. The van der Waals surface area contributed by atoms with Gasteiger partial charge in [0.2, 0.25) is 17.7 Å². The number of fused-ring (bicyclic) bond motifs is 1. The van der Waals surface area contributed by atoms with Crippen molar-refractivity contribution >= 4 is 35.0 Å². The van der Waals surface area contributed by atoms with Crippen LogP contribution in [-0.2, 0) is 19.1 Å². The second-order valence-electron chi connectivity index (χ2n) is 8.99. The van der Waals surface area contributed by atoms with Crippen molar-refractivity contribution in [3.05, 3.63) is 28.8 Å². The number of likely N-dealkylation sites (tertiary alicyclic amines) is 1. The Morgan fingerprint density at radius 2 is 2.06 bits per heavy atom. The van der Waals surface area contributed by atoms with Crippen LogP contribution in [0.4, 0.5) is 5.69 Å². The van der Waals surface area contributed by atoms with Gasteiger partial charge in [-0.15, -0.1) is 0 Å². The van der Waals surface area contributed by atoms with Crippen molar-refractivity contribution in [3.8, 4) is 0 Å². The number of para-hydroxylation sites is 1. The van der Waals surface area contributed by atoms with Crippen LogP contribution in [0, 0.1) is 24.7 Å². The molecule has 6 atom stereocenters. The quantitative estimate of drug-likeness (QED) is 0.628. The van der Waals surface area contributed by atoms with Crippen molar-refractivity contribution in [2.24, 2.45) is 17.8 Å². The number of rotatable bonds is 5. The molecule has 8 nitrogen and oxygen atoms in total. The number of nitrogens with zero attached hydrogens (tertiary/aromatic N) is 1. The van der Waals surface area contributed by atoms with Crippen LogP contribution in [0.2, 0.25) is 5.02 Å². The second kappa shape index (κ2) is 7.46. The first-order valence-corrected chi connectivity index (χ1v) is 10.9. The first-order valence-electron chi connectivity index (χ1n) is 10.5. The molecule has 0 radical (unpaired) electrons. The molecule has 3 heterocycles. The minimum Gasteiger partial charge on any atom is -0.395 e. The Balaban J connectivity index is 1.79. The SMILES string of the molecule is CNC(=O)[C@H]1[C@H]2C(=O)N(CCO)C(C(=O)Nc3c(C)cccc3Cl)C23CC(C)[C@]1(C)O3. The molecule has 3 saturated heterocycles. The predicted octanol–water partition coefficient (Wildman–Crippen LogP) is 1.34. The van der Waals surface area contributed by atoms with E-state index in [2.05, 4.69) is 10.6 Å². The van der Waals surface area contributed by atoms with E-state index in [1.165, 1.54) is 11.9 Å². The van der Waals surface area contributed by atoms with Gasteiger partial charge in [0.25, 0.3) is 0 Å². The Hall–Kier alpha value is -2.16. The Bertz CT molecular complexity index is 935. The summed E-state index contributed by atoms with van der Waals surface area (Å²) in [6.45, 7) is 5.33. The zero-order valence-corrected chi connectivity index (χ0v) is 18.8. The molecular weight excluding hydrogens is 422 g/mol. The maximum absolute atomic E-state index is 13.6. The van der Waals surface area contributed by atoms with Crippen LogP contribution >= 0.6 is 11.6 Å². The van der Waals surface area contributed by atoms with Gasteiger partial charge in [-0.3, -0.25) is 14.4 Å². The first-order chi connectivity index (χ1) is 14.6. The second-order valence-corrected chi connectivity index (χ2v) is 9.40. The number of hydrogen-bond acceptors (Lipinski definition) is 5. The van der Waals surface area contributed by atoms with Crippen molar-refractivity contribution in [2.75, 3.05) is 25.5 Å². The van der Waals surface area contributed by atoms with Gasteiger partial charge in [0.1, 0.15) is 11.6 Å². The largest absolute Gasteiger partial charge is 0.395 e. The molecular formula is C22H28ClN3O5. The van der Waals surface area contributed by atoms with E-state index in [-0.39, 0.29) is 30.9 Å². The number of nitrogens with one attached hydrogen (secondary N) is 2. The highest BCUT2D eigenvalue weighted by atomic mass is 35.5. The lowest BCUT2D eigenvalue weighted by atomic mass is 9.62. The standard InChI is InChI=1S/C22H28ClN3O5/c1-11-6-5-7-13(23)16(11)25-19(29)17-22-10-12(2)21(3,31-22)14(18(28)24-4)15(22)20(30)26(17)8-9-27/h5-7,12,14-15,17,27H,8-10H2,1-4H3,(H,24,28)(H,25,29)/t12?,14-,15+,17?,21+,22?/m1/s1. The summed E-state index contributed by atoms with van der Waals surface area (Å²) in [5.41, 5.74) is -0.741. The minimum absolute atomic E-state index is 0.0222. The number of hydrogen-bond donors (Lipinski definition) is 3. The van der Waals surface area contributed by atoms with Crippen LogP contribution in [0.1, 0.15) is 25.8 Å². The number of aliphatic hydroxyl groups is 1. The highest BCUT2D eigenvalue weighted by Gasteiger charge is 2.79. The Kier molecular flexibility index (Phi) is 5.31. The summed E-state index contributed by atoms with van der Waals surface area (Å²) < 4.78 is 6.50. The minimum atomic E-state index is -1.14. The van der Waals surface area contributed by atoms with Crippen molar-refractivity contribution in [2.45, 2.75) is 44.4 Å². The van der Waals surface area contributed by atoms with Crippen LogP contribution < -0.4 is 10.6 Å². The normalized spacial score (nSPS) is 35.9. The third-order valence-corrected chi connectivity index (χ3v) is 7.72. The summed E-state index contributed by atoms with van der Waals surface area (Å²) in [6, 6.07) is 4.32. The van der Waals surface area contributed by atoms with Gasteiger partial charge in [0, 0.05) is 13.6 Å². The van der Waals surface area contributed by atoms with Crippen LogP contribution in [-0.4, -0.2) is 65.2 Å². The van der Waals surface area contributed by atoms with Crippen molar-refractivity contribution in [3.63, 3.8) is 0 Å². The smallest absolute Gasteiger partial charge is 0.250 e. The van der Waals surface area contributed by atoms with Crippen molar-refractivity contribution in [1.29, 1.82) is 0 Å².